The Morgan fingerprint density at radius 1 is 0.926 bits per heavy atom. The highest BCUT2D eigenvalue weighted by atomic mass is 16.5. The number of hydrogen-bond acceptors (Lipinski definition) is 10. The van der Waals surface area contributed by atoms with Crippen LogP contribution in [0.2, 0.25) is 0 Å². The fourth-order valence-electron chi connectivity index (χ4n) is 7.65. The molecule has 1 aliphatic heterocycles. The Hall–Kier alpha value is -3.59. The van der Waals surface area contributed by atoms with Crippen molar-refractivity contribution in [3.63, 3.8) is 0 Å². The lowest BCUT2D eigenvalue weighted by molar-refractivity contribution is -0.149. The first-order valence-electron chi connectivity index (χ1n) is 19.1. The van der Waals surface area contributed by atoms with Gasteiger partial charge in [-0.2, -0.15) is 0 Å². The molecule has 14 heteroatoms. The van der Waals surface area contributed by atoms with Crippen molar-refractivity contribution in [3.8, 4) is 0 Å². The summed E-state index contributed by atoms with van der Waals surface area (Å²) >= 11 is 0. The predicted molar refractivity (Wildman–Crippen MR) is 206 cm³/mol. The molecule has 0 spiro atoms. The molecular weight excluding hydrogens is 694 g/mol. The number of ether oxygens (including phenoxy) is 3. The number of likely N-dealkylation sites (N-methyl/N-ethyl adjacent to an activating group) is 2. The number of carbonyl (C=O) groups excluding carboxylic acids is 5. The van der Waals surface area contributed by atoms with E-state index in [2.05, 4.69) is 10.6 Å². The third-order valence-corrected chi connectivity index (χ3v) is 10.9. The SMILES string of the molecule is CC[C@H](C)[C@@H]([C@@H](CC(=O)N1CCCC1[C@H](OC)[C@@H](C)C(=O)NC(Cc1ccccc1)C(=O)OC)OC)N(C)C(=O)C(NC(=O)[C@H]([C@@H](C)O)N(C)C)C(C)C. The average Bonchev–Trinajstić information content (AvgIpc) is 3.62. The molecule has 0 aromatic heterocycles. The van der Waals surface area contributed by atoms with E-state index in [1.807, 2.05) is 58.0 Å². The second kappa shape index (κ2) is 22.1. The van der Waals surface area contributed by atoms with E-state index >= 15 is 0 Å². The first-order chi connectivity index (χ1) is 25.4. The van der Waals surface area contributed by atoms with Crippen LogP contribution in [0.5, 0.6) is 0 Å². The van der Waals surface area contributed by atoms with E-state index in [4.69, 9.17) is 14.2 Å². The second-order valence-corrected chi connectivity index (χ2v) is 15.2. The summed E-state index contributed by atoms with van der Waals surface area (Å²) in [7, 11) is 9.38. The van der Waals surface area contributed by atoms with Gasteiger partial charge in [0.25, 0.3) is 0 Å². The Kier molecular flexibility index (Phi) is 19.0. The van der Waals surface area contributed by atoms with Crippen molar-refractivity contribution < 1.29 is 43.3 Å². The smallest absolute Gasteiger partial charge is 0.328 e. The van der Waals surface area contributed by atoms with Gasteiger partial charge in [0, 0.05) is 34.2 Å². The maximum Gasteiger partial charge on any atom is 0.328 e. The van der Waals surface area contributed by atoms with Crippen molar-refractivity contribution in [1.82, 2.24) is 25.3 Å². The maximum absolute atomic E-state index is 14.2. The number of esters is 1. The number of rotatable bonds is 21. The summed E-state index contributed by atoms with van der Waals surface area (Å²) in [6.07, 6.45) is -0.0460. The zero-order valence-corrected chi connectivity index (χ0v) is 34.5. The van der Waals surface area contributed by atoms with Gasteiger partial charge < -0.3 is 39.8 Å². The summed E-state index contributed by atoms with van der Waals surface area (Å²) < 4.78 is 16.9. The van der Waals surface area contributed by atoms with Crippen LogP contribution < -0.4 is 10.6 Å². The highest BCUT2D eigenvalue weighted by Gasteiger charge is 2.43. The molecule has 1 fully saturated rings. The molecule has 1 aromatic carbocycles. The Bertz CT molecular complexity index is 1350. The van der Waals surface area contributed by atoms with E-state index in [-0.39, 0.29) is 36.5 Å². The summed E-state index contributed by atoms with van der Waals surface area (Å²) in [5.74, 6) is -2.97. The number of nitrogens with zero attached hydrogens (tertiary/aromatic N) is 3. The highest BCUT2D eigenvalue weighted by molar-refractivity contribution is 5.90. The Labute approximate surface area is 322 Å². The number of benzene rings is 1. The molecule has 0 radical (unpaired) electrons. The second-order valence-electron chi connectivity index (χ2n) is 15.2. The molecule has 0 aliphatic carbocycles. The first kappa shape index (κ1) is 46.6. The Balaban J connectivity index is 2.29. The van der Waals surface area contributed by atoms with Crippen molar-refractivity contribution in [2.45, 2.75) is 122 Å². The normalized spacial score (nSPS) is 19.5. The van der Waals surface area contributed by atoms with Crippen LogP contribution in [0.1, 0.15) is 72.8 Å². The van der Waals surface area contributed by atoms with Crippen LogP contribution in [-0.4, -0.2) is 147 Å². The molecule has 4 amide bonds. The lowest BCUT2D eigenvalue weighted by Crippen LogP contribution is -2.60. The van der Waals surface area contributed by atoms with Crippen molar-refractivity contribution in [2.24, 2.45) is 17.8 Å². The minimum absolute atomic E-state index is 0.0262. The molecule has 14 nitrogen and oxygen atoms in total. The summed E-state index contributed by atoms with van der Waals surface area (Å²) in [5.41, 5.74) is 0.867. The number of aliphatic hydroxyl groups is 1. The van der Waals surface area contributed by atoms with Crippen LogP contribution in [-0.2, 0) is 44.6 Å². The molecule has 1 saturated heterocycles. The van der Waals surface area contributed by atoms with Crippen molar-refractivity contribution >= 4 is 29.6 Å². The van der Waals surface area contributed by atoms with Gasteiger partial charge in [-0.1, -0.05) is 71.4 Å². The summed E-state index contributed by atoms with van der Waals surface area (Å²) in [6, 6.07) is 5.79. The van der Waals surface area contributed by atoms with E-state index < -0.39 is 72.2 Å². The van der Waals surface area contributed by atoms with E-state index in [1.54, 1.807) is 42.8 Å². The van der Waals surface area contributed by atoms with Crippen molar-refractivity contribution in [1.29, 1.82) is 0 Å². The fraction of sp³-hybridized carbons (Fsp3) is 0.725. The molecule has 1 aromatic rings. The number of methoxy groups -OCH3 is 3. The molecule has 0 saturated carbocycles. The minimum Gasteiger partial charge on any atom is -0.467 e. The fourth-order valence-corrected chi connectivity index (χ4v) is 7.65. The van der Waals surface area contributed by atoms with Gasteiger partial charge in [0.15, 0.2) is 0 Å². The molecule has 10 atom stereocenters. The number of aliphatic hydroxyl groups excluding tert-OH is 1. The van der Waals surface area contributed by atoms with E-state index in [1.165, 1.54) is 28.3 Å². The number of carbonyl (C=O) groups is 5. The minimum atomic E-state index is -0.960. The third kappa shape index (κ3) is 12.2. The van der Waals surface area contributed by atoms with E-state index in [9.17, 15) is 29.1 Å². The van der Waals surface area contributed by atoms with Gasteiger partial charge in [0.1, 0.15) is 18.1 Å². The monoisotopic (exact) mass is 761 g/mol. The first-order valence-corrected chi connectivity index (χ1v) is 19.1. The number of hydrogen-bond donors (Lipinski definition) is 3. The average molecular weight is 762 g/mol. The third-order valence-electron chi connectivity index (χ3n) is 10.9. The molecule has 54 heavy (non-hydrogen) atoms. The summed E-state index contributed by atoms with van der Waals surface area (Å²) in [5, 5.41) is 16.0. The van der Waals surface area contributed by atoms with Crippen LogP contribution in [0.25, 0.3) is 0 Å². The zero-order valence-electron chi connectivity index (χ0n) is 34.5. The number of amides is 4. The van der Waals surface area contributed by atoms with Crippen LogP contribution in [0, 0.1) is 17.8 Å². The predicted octanol–water partition coefficient (Wildman–Crippen LogP) is 2.26. The number of nitrogens with one attached hydrogen (secondary N) is 2. The van der Waals surface area contributed by atoms with E-state index in [0.717, 1.165) is 5.56 Å². The van der Waals surface area contributed by atoms with Gasteiger partial charge in [0.05, 0.1) is 49.8 Å². The van der Waals surface area contributed by atoms with Gasteiger partial charge in [-0.3, -0.25) is 24.1 Å². The highest BCUT2D eigenvalue weighted by Crippen LogP contribution is 2.30. The Morgan fingerprint density at radius 3 is 2.06 bits per heavy atom. The largest absolute Gasteiger partial charge is 0.467 e. The zero-order chi connectivity index (χ0) is 40.9. The summed E-state index contributed by atoms with van der Waals surface area (Å²) in [6.45, 7) is 11.4. The van der Waals surface area contributed by atoms with Gasteiger partial charge in [-0.15, -0.1) is 0 Å². The standard InChI is InChI=1S/C40H67N5O9/c1-13-25(4)34(44(9)39(50)33(24(2)3)42-38(49)35(27(6)46)43(7)8)31(52-10)23-32(47)45-21-17-20-30(45)36(53-11)26(5)37(48)41-29(40(51)54-12)22-28-18-15-14-16-19-28/h14-16,18-19,24-27,29-31,33-36,46H,13,17,20-23H2,1-12H3,(H,41,48)(H,42,49)/t25-,26+,27+,29?,30?,31+,33?,34-,35-,36+/m0/s1. The number of likely N-dealkylation sites (tertiary alicyclic amines) is 1. The topological polar surface area (TPSA) is 167 Å². The van der Waals surface area contributed by atoms with Crippen LogP contribution in [0.4, 0.5) is 0 Å². The van der Waals surface area contributed by atoms with Crippen LogP contribution in [0.15, 0.2) is 30.3 Å². The van der Waals surface area contributed by atoms with Gasteiger partial charge >= 0.3 is 5.97 Å². The molecule has 306 valence electrons. The summed E-state index contributed by atoms with van der Waals surface area (Å²) in [4.78, 5) is 72.9. The van der Waals surface area contributed by atoms with Crippen LogP contribution >= 0.6 is 0 Å². The molecular formula is C40H67N5O9. The lowest BCUT2D eigenvalue weighted by atomic mass is 9.89. The maximum atomic E-state index is 14.2. The molecule has 1 heterocycles. The van der Waals surface area contributed by atoms with Gasteiger partial charge in [-0.05, 0) is 51.3 Å². The van der Waals surface area contributed by atoms with E-state index in [0.29, 0.717) is 25.8 Å². The molecule has 3 N–H and O–H groups in total. The van der Waals surface area contributed by atoms with Crippen molar-refractivity contribution in [2.75, 3.05) is 49.0 Å². The van der Waals surface area contributed by atoms with Crippen molar-refractivity contribution in [3.05, 3.63) is 35.9 Å². The molecule has 2 rings (SSSR count). The molecule has 3 unspecified atom stereocenters. The van der Waals surface area contributed by atoms with Gasteiger partial charge in [0.2, 0.25) is 23.6 Å². The molecule has 1 aliphatic rings. The molecule has 0 bridgehead atoms. The van der Waals surface area contributed by atoms with Crippen LogP contribution in [0.3, 0.4) is 0 Å². The van der Waals surface area contributed by atoms with Gasteiger partial charge in [-0.25, -0.2) is 4.79 Å². The lowest BCUT2D eigenvalue weighted by Gasteiger charge is -2.41. The Morgan fingerprint density at radius 2 is 1.56 bits per heavy atom. The quantitative estimate of drug-likeness (QED) is 0.158.